The van der Waals surface area contributed by atoms with E-state index < -0.39 is 17.8 Å². The number of rotatable bonds is 3. The highest BCUT2D eigenvalue weighted by Crippen LogP contribution is 2.33. The molecule has 2 aromatic rings. The van der Waals surface area contributed by atoms with Crippen LogP contribution in [0, 0.1) is 12.7 Å². The van der Waals surface area contributed by atoms with Gasteiger partial charge in [0.15, 0.2) is 0 Å². The molecule has 110 valence electrons. The van der Waals surface area contributed by atoms with Crippen LogP contribution >= 0.6 is 0 Å². The largest absolute Gasteiger partial charge is 0.469 e. The van der Waals surface area contributed by atoms with E-state index >= 15 is 0 Å². The Balaban J connectivity index is 2.67. The molecule has 0 aliphatic carbocycles. The highest BCUT2D eigenvalue weighted by Gasteiger charge is 2.16. The summed E-state index contributed by atoms with van der Waals surface area (Å²) >= 11 is 0. The SMILES string of the molecule is COC(=O)Cc1cc2ccc(F)cc2c(OC(C)=O)c1C. The summed E-state index contributed by atoms with van der Waals surface area (Å²) in [4.78, 5) is 22.7. The van der Waals surface area contributed by atoms with E-state index in [0.717, 1.165) is 0 Å². The van der Waals surface area contributed by atoms with Crippen LogP contribution in [0.2, 0.25) is 0 Å². The second-order valence-electron chi connectivity index (χ2n) is 4.70. The summed E-state index contributed by atoms with van der Waals surface area (Å²) in [6, 6.07) is 5.98. The second kappa shape index (κ2) is 5.91. The molecule has 0 amide bonds. The maximum atomic E-state index is 13.4. The van der Waals surface area contributed by atoms with Gasteiger partial charge >= 0.3 is 11.9 Å². The molecule has 0 unspecified atom stereocenters. The van der Waals surface area contributed by atoms with Gasteiger partial charge in [-0.05, 0) is 35.6 Å². The molecule has 0 heterocycles. The number of benzene rings is 2. The first-order chi connectivity index (χ1) is 9.92. The predicted octanol–water partition coefficient (Wildman–Crippen LogP) is 2.93. The van der Waals surface area contributed by atoms with Gasteiger partial charge in [-0.25, -0.2) is 4.39 Å². The quantitative estimate of drug-likeness (QED) is 0.644. The van der Waals surface area contributed by atoms with Crippen molar-refractivity contribution >= 4 is 22.7 Å². The molecule has 0 N–H and O–H groups in total. The van der Waals surface area contributed by atoms with Crippen LogP contribution in [0.4, 0.5) is 4.39 Å². The zero-order valence-electron chi connectivity index (χ0n) is 12.0. The van der Waals surface area contributed by atoms with Crippen molar-refractivity contribution in [1.82, 2.24) is 0 Å². The number of carbonyl (C=O) groups excluding carboxylic acids is 2. The zero-order valence-corrected chi connectivity index (χ0v) is 12.0. The molecule has 2 aromatic carbocycles. The fourth-order valence-corrected chi connectivity index (χ4v) is 2.18. The number of hydrogen-bond acceptors (Lipinski definition) is 4. The highest BCUT2D eigenvalue weighted by atomic mass is 19.1. The molecule has 0 bridgehead atoms. The fraction of sp³-hybridized carbons (Fsp3) is 0.250. The average Bonchev–Trinajstić information content (AvgIpc) is 2.43. The topological polar surface area (TPSA) is 52.6 Å². The van der Waals surface area contributed by atoms with Gasteiger partial charge in [0.25, 0.3) is 0 Å². The Labute approximate surface area is 121 Å². The van der Waals surface area contributed by atoms with E-state index in [1.807, 2.05) is 0 Å². The maximum absolute atomic E-state index is 13.4. The number of ether oxygens (including phenoxy) is 2. The van der Waals surface area contributed by atoms with Crippen molar-refractivity contribution in [3.8, 4) is 5.75 Å². The van der Waals surface area contributed by atoms with Gasteiger partial charge in [-0.3, -0.25) is 9.59 Å². The Morgan fingerprint density at radius 2 is 1.95 bits per heavy atom. The molecule has 0 atom stereocenters. The minimum atomic E-state index is -0.501. The van der Waals surface area contributed by atoms with Crippen LogP contribution in [0.3, 0.4) is 0 Å². The van der Waals surface area contributed by atoms with Crippen LogP contribution in [0.25, 0.3) is 10.8 Å². The van der Waals surface area contributed by atoms with E-state index in [2.05, 4.69) is 4.74 Å². The van der Waals surface area contributed by atoms with E-state index in [1.54, 1.807) is 19.1 Å². The molecular weight excluding hydrogens is 275 g/mol. The highest BCUT2D eigenvalue weighted by molar-refractivity contribution is 5.93. The monoisotopic (exact) mass is 290 g/mol. The van der Waals surface area contributed by atoms with Crippen molar-refractivity contribution in [1.29, 1.82) is 0 Å². The van der Waals surface area contributed by atoms with Crippen LogP contribution in [0.1, 0.15) is 18.1 Å². The summed E-state index contributed by atoms with van der Waals surface area (Å²) < 4.78 is 23.3. The van der Waals surface area contributed by atoms with E-state index in [9.17, 15) is 14.0 Å². The van der Waals surface area contributed by atoms with Crippen molar-refractivity contribution in [2.75, 3.05) is 7.11 Å². The standard InChI is InChI=1S/C16H15FO4/c1-9-12(7-15(19)20-3)6-11-4-5-13(17)8-14(11)16(9)21-10(2)18/h4-6,8H,7H2,1-3H3. The summed E-state index contributed by atoms with van der Waals surface area (Å²) in [5.41, 5.74) is 1.30. The van der Waals surface area contributed by atoms with E-state index in [4.69, 9.17) is 4.74 Å². The normalized spacial score (nSPS) is 10.5. The van der Waals surface area contributed by atoms with Gasteiger partial charge in [0.1, 0.15) is 11.6 Å². The molecule has 0 aliphatic heterocycles. The first kappa shape index (κ1) is 15.0. The second-order valence-corrected chi connectivity index (χ2v) is 4.70. The summed E-state index contributed by atoms with van der Waals surface area (Å²) in [6.07, 6.45) is 0.0594. The molecule has 5 heteroatoms. The Kier molecular flexibility index (Phi) is 4.21. The predicted molar refractivity (Wildman–Crippen MR) is 75.7 cm³/mol. The Morgan fingerprint density at radius 1 is 1.24 bits per heavy atom. The lowest BCUT2D eigenvalue weighted by Gasteiger charge is -2.14. The van der Waals surface area contributed by atoms with Crippen LogP contribution in [-0.4, -0.2) is 19.0 Å². The molecule has 0 aromatic heterocycles. The van der Waals surface area contributed by atoms with Crippen molar-refractivity contribution in [3.05, 3.63) is 41.2 Å². The van der Waals surface area contributed by atoms with Crippen LogP contribution in [0.15, 0.2) is 24.3 Å². The van der Waals surface area contributed by atoms with Gasteiger partial charge < -0.3 is 9.47 Å². The summed E-state index contributed by atoms with van der Waals surface area (Å²) in [5, 5.41) is 1.19. The summed E-state index contributed by atoms with van der Waals surface area (Å²) in [5.74, 6) is -1.04. The van der Waals surface area contributed by atoms with E-state index in [0.29, 0.717) is 21.9 Å². The van der Waals surface area contributed by atoms with Gasteiger partial charge in [-0.2, -0.15) is 0 Å². The third-order valence-electron chi connectivity index (χ3n) is 3.22. The van der Waals surface area contributed by atoms with Crippen molar-refractivity contribution in [3.63, 3.8) is 0 Å². The van der Waals surface area contributed by atoms with Crippen LogP contribution in [0.5, 0.6) is 5.75 Å². The van der Waals surface area contributed by atoms with Crippen molar-refractivity contribution in [2.45, 2.75) is 20.3 Å². The molecule has 0 saturated heterocycles. The fourth-order valence-electron chi connectivity index (χ4n) is 2.18. The zero-order chi connectivity index (χ0) is 15.6. The summed E-state index contributed by atoms with van der Waals surface area (Å²) in [7, 11) is 1.31. The van der Waals surface area contributed by atoms with Gasteiger partial charge in [-0.1, -0.05) is 12.1 Å². The van der Waals surface area contributed by atoms with Crippen LogP contribution < -0.4 is 4.74 Å². The molecule has 0 spiro atoms. The number of halogens is 1. The van der Waals surface area contributed by atoms with Gasteiger partial charge in [-0.15, -0.1) is 0 Å². The first-order valence-corrected chi connectivity index (χ1v) is 6.39. The molecule has 2 rings (SSSR count). The Morgan fingerprint density at radius 3 is 2.57 bits per heavy atom. The lowest BCUT2D eigenvalue weighted by molar-refractivity contribution is -0.139. The smallest absolute Gasteiger partial charge is 0.309 e. The lowest BCUT2D eigenvalue weighted by atomic mass is 9.98. The number of hydrogen-bond donors (Lipinski definition) is 0. The van der Waals surface area contributed by atoms with E-state index in [1.165, 1.54) is 26.2 Å². The third kappa shape index (κ3) is 3.18. The van der Waals surface area contributed by atoms with Gasteiger partial charge in [0, 0.05) is 12.3 Å². The minimum Gasteiger partial charge on any atom is -0.469 e. The molecule has 4 nitrogen and oxygen atoms in total. The Bertz CT molecular complexity index is 722. The molecule has 21 heavy (non-hydrogen) atoms. The summed E-state index contributed by atoms with van der Waals surface area (Å²) in [6.45, 7) is 3.00. The maximum Gasteiger partial charge on any atom is 0.309 e. The first-order valence-electron chi connectivity index (χ1n) is 6.39. The van der Waals surface area contributed by atoms with Gasteiger partial charge in [0.2, 0.25) is 0 Å². The number of esters is 2. The minimum absolute atomic E-state index is 0.0594. The Hall–Kier alpha value is -2.43. The molecule has 0 saturated carbocycles. The number of fused-ring (bicyclic) bond motifs is 1. The number of carbonyl (C=O) groups is 2. The van der Waals surface area contributed by atoms with Gasteiger partial charge in [0.05, 0.1) is 13.5 Å². The molecule has 0 radical (unpaired) electrons. The molecular formula is C16H15FO4. The molecule has 0 aliphatic rings. The van der Waals surface area contributed by atoms with Crippen molar-refractivity contribution in [2.24, 2.45) is 0 Å². The van der Waals surface area contributed by atoms with Crippen molar-refractivity contribution < 1.29 is 23.5 Å². The average molecular weight is 290 g/mol. The van der Waals surface area contributed by atoms with Crippen LogP contribution in [-0.2, 0) is 20.7 Å². The lowest BCUT2D eigenvalue weighted by Crippen LogP contribution is -2.09. The van der Waals surface area contributed by atoms with E-state index in [-0.39, 0.29) is 12.2 Å². The molecule has 0 fully saturated rings. The number of methoxy groups -OCH3 is 1. The third-order valence-corrected chi connectivity index (χ3v) is 3.22.